The summed E-state index contributed by atoms with van der Waals surface area (Å²) in [6.07, 6.45) is -0.764. The summed E-state index contributed by atoms with van der Waals surface area (Å²) in [5, 5.41) is 0.922. The summed E-state index contributed by atoms with van der Waals surface area (Å²) < 4.78 is 43.6. The number of hydrogen-bond acceptors (Lipinski definition) is 2. The molecule has 0 amide bonds. The largest absolute Gasteiger partial charge is 0.416 e. The van der Waals surface area contributed by atoms with Gasteiger partial charge in [-0.3, -0.25) is 9.36 Å². The van der Waals surface area contributed by atoms with Gasteiger partial charge in [-0.2, -0.15) is 13.2 Å². The van der Waals surface area contributed by atoms with Gasteiger partial charge < -0.3 is 9.13 Å². The maximum atomic E-state index is 13.0. The molecule has 5 rings (SSSR count). The van der Waals surface area contributed by atoms with Crippen LogP contribution in [0.2, 0.25) is 0 Å². The third-order valence-corrected chi connectivity index (χ3v) is 6.28. The third kappa shape index (κ3) is 3.59. The fraction of sp³-hybridized carbons (Fsp3) is 0.280. The maximum absolute atomic E-state index is 13.0. The molecule has 0 aliphatic heterocycles. The van der Waals surface area contributed by atoms with Crippen LogP contribution in [-0.2, 0) is 19.8 Å². The van der Waals surface area contributed by atoms with E-state index in [0.717, 1.165) is 41.4 Å². The quantitative estimate of drug-likeness (QED) is 0.433. The van der Waals surface area contributed by atoms with Gasteiger partial charge in [-0.05, 0) is 61.6 Å². The number of aryl methyl sites for hydroxylation is 2. The number of rotatable bonds is 4. The van der Waals surface area contributed by atoms with Crippen molar-refractivity contribution in [2.75, 3.05) is 0 Å². The Labute approximate surface area is 187 Å². The highest BCUT2D eigenvalue weighted by atomic mass is 19.4. The minimum atomic E-state index is -4.43. The van der Waals surface area contributed by atoms with Crippen LogP contribution in [0.15, 0.2) is 64.3 Å². The minimum Gasteiger partial charge on any atom is -0.309 e. The van der Waals surface area contributed by atoms with E-state index in [-0.39, 0.29) is 11.2 Å². The predicted octanol–water partition coefficient (Wildman–Crippen LogP) is 5.07. The van der Waals surface area contributed by atoms with Crippen LogP contribution in [0.1, 0.15) is 36.8 Å². The Morgan fingerprint density at radius 2 is 1.70 bits per heavy atom. The summed E-state index contributed by atoms with van der Waals surface area (Å²) in [6, 6.07) is 12.0. The number of aromatic nitrogens is 3. The van der Waals surface area contributed by atoms with Crippen molar-refractivity contribution < 1.29 is 13.2 Å². The van der Waals surface area contributed by atoms with Crippen molar-refractivity contribution in [3.05, 3.63) is 86.7 Å². The summed E-state index contributed by atoms with van der Waals surface area (Å²) in [6.45, 7) is 2.44. The summed E-state index contributed by atoms with van der Waals surface area (Å²) in [5.41, 5.74) is 2.31. The monoisotopic (exact) mass is 453 g/mol. The van der Waals surface area contributed by atoms with Gasteiger partial charge in [0.2, 0.25) is 0 Å². The van der Waals surface area contributed by atoms with Gasteiger partial charge in [0.05, 0.1) is 22.5 Å². The molecule has 2 aromatic heterocycles. The number of pyridine rings is 1. The molecule has 0 saturated heterocycles. The van der Waals surface area contributed by atoms with Crippen molar-refractivity contribution in [2.24, 2.45) is 7.05 Å². The van der Waals surface area contributed by atoms with Gasteiger partial charge >= 0.3 is 11.9 Å². The first-order valence-corrected chi connectivity index (χ1v) is 10.8. The first-order valence-electron chi connectivity index (χ1n) is 10.8. The molecule has 0 spiro atoms. The first kappa shape index (κ1) is 21.3. The Morgan fingerprint density at radius 3 is 2.30 bits per heavy atom. The third-order valence-electron chi connectivity index (χ3n) is 6.28. The second-order valence-corrected chi connectivity index (χ2v) is 8.48. The van der Waals surface area contributed by atoms with Gasteiger partial charge in [-0.25, -0.2) is 4.79 Å². The second kappa shape index (κ2) is 7.50. The zero-order chi connectivity index (χ0) is 23.5. The van der Waals surface area contributed by atoms with Crippen LogP contribution in [0, 0.1) is 0 Å². The highest BCUT2D eigenvalue weighted by molar-refractivity contribution is 5.86. The van der Waals surface area contributed by atoms with E-state index in [1.165, 1.54) is 21.3 Å². The Bertz CT molecular complexity index is 1490. The van der Waals surface area contributed by atoms with Crippen LogP contribution in [0.25, 0.3) is 27.8 Å². The molecule has 1 aliphatic rings. The summed E-state index contributed by atoms with van der Waals surface area (Å²) in [5.74, 6) is 0.337. The Hall–Kier alpha value is -3.55. The number of nitrogens with zero attached hydrogens (tertiary/aromatic N) is 3. The average Bonchev–Trinajstić information content (AvgIpc) is 3.58. The minimum absolute atomic E-state index is 0.0398. The number of benzene rings is 2. The van der Waals surface area contributed by atoms with Crippen molar-refractivity contribution >= 4 is 10.9 Å². The number of fused-ring (bicyclic) bond motifs is 1. The second-order valence-electron chi connectivity index (χ2n) is 8.48. The van der Waals surface area contributed by atoms with Crippen molar-refractivity contribution in [1.82, 2.24) is 13.7 Å². The fourth-order valence-electron chi connectivity index (χ4n) is 4.44. The molecule has 170 valence electrons. The SMILES string of the molecule is CCn1c(=O)cc(C2CC2)c2cc(-n3c(-c4ccc(C(F)(F)F)cc4)cn(C)c3=O)ccc21. The molecule has 33 heavy (non-hydrogen) atoms. The van der Waals surface area contributed by atoms with Crippen molar-refractivity contribution in [2.45, 2.75) is 38.4 Å². The first-order chi connectivity index (χ1) is 15.7. The molecule has 8 heteroatoms. The molecular weight excluding hydrogens is 431 g/mol. The molecule has 1 saturated carbocycles. The molecular formula is C25H22F3N3O2. The van der Waals surface area contributed by atoms with Crippen LogP contribution in [0.3, 0.4) is 0 Å². The van der Waals surface area contributed by atoms with E-state index in [9.17, 15) is 22.8 Å². The van der Waals surface area contributed by atoms with Gasteiger partial charge in [-0.15, -0.1) is 0 Å². The zero-order valence-electron chi connectivity index (χ0n) is 18.2. The topological polar surface area (TPSA) is 48.9 Å². The smallest absolute Gasteiger partial charge is 0.309 e. The highest BCUT2D eigenvalue weighted by Gasteiger charge is 2.30. The molecule has 1 aliphatic carbocycles. The Balaban J connectivity index is 1.71. The van der Waals surface area contributed by atoms with Crippen LogP contribution >= 0.6 is 0 Å². The number of hydrogen-bond donors (Lipinski definition) is 0. The standard InChI is InChI=1S/C25H22F3N3O2/c1-3-30-21-11-10-18(12-20(21)19(13-23(30)32)15-4-5-15)31-22(14-29(2)24(31)33)16-6-8-17(9-7-16)25(26,27)28/h6-15H,3-5H2,1-2H3. The van der Waals surface area contributed by atoms with E-state index in [4.69, 9.17) is 0 Å². The molecule has 0 N–H and O–H groups in total. The molecule has 5 nitrogen and oxygen atoms in total. The summed E-state index contributed by atoms with van der Waals surface area (Å²) in [7, 11) is 1.61. The van der Waals surface area contributed by atoms with E-state index in [2.05, 4.69) is 0 Å². The molecule has 2 heterocycles. The van der Waals surface area contributed by atoms with Gasteiger partial charge in [0, 0.05) is 36.8 Å². The lowest BCUT2D eigenvalue weighted by Crippen LogP contribution is -2.22. The molecule has 0 bridgehead atoms. The molecule has 0 unspecified atom stereocenters. The lowest BCUT2D eigenvalue weighted by atomic mass is 10.0. The Morgan fingerprint density at radius 1 is 1.00 bits per heavy atom. The molecule has 0 radical (unpaired) electrons. The molecule has 0 atom stereocenters. The van der Waals surface area contributed by atoms with Gasteiger partial charge in [-0.1, -0.05) is 12.1 Å². The number of alkyl halides is 3. The Kier molecular flexibility index (Phi) is 4.84. The van der Waals surface area contributed by atoms with Crippen LogP contribution < -0.4 is 11.2 Å². The van der Waals surface area contributed by atoms with Gasteiger partial charge in [0.25, 0.3) is 5.56 Å². The van der Waals surface area contributed by atoms with Crippen molar-refractivity contribution in [3.63, 3.8) is 0 Å². The maximum Gasteiger partial charge on any atom is 0.416 e. The highest BCUT2D eigenvalue weighted by Crippen LogP contribution is 2.43. The zero-order valence-corrected chi connectivity index (χ0v) is 18.2. The molecule has 2 aromatic carbocycles. The number of halogens is 3. The van der Waals surface area contributed by atoms with Gasteiger partial charge in [0.15, 0.2) is 0 Å². The van der Waals surface area contributed by atoms with Crippen LogP contribution in [0.4, 0.5) is 13.2 Å². The molecule has 4 aromatic rings. The van der Waals surface area contributed by atoms with Gasteiger partial charge in [0.1, 0.15) is 0 Å². The normalized spacial score (nSPS) is 14.2. The summed E-state index contributed by atoms with van der Waals surface area (Å²) in [4.78, 5) is 25.6. The van der Waals surface area contributed by atoms with Crippen molar-refractivity contribution in [3.8, 4) is 16.9 Å². The van der Waals surface area contributed by atoms with E-state index in [1.54, 1.807) is 29.9 Å². The van der Waals surface area contributed by atoms with Crippen molar-refractivity contribution in [1.29, 1.82) is 0 Å². The molecule has 1 fully saturated rings. The van der Waals surface area contributed by atoms with E-state index < -0.39 is 11.7 Å². The summed E-state index contributed by atoms with van der Waals surface area (Å²) >= 11 is 0. The average molecular weight is 453 g/mol. The van der Waals surface area contributed by atoms with E-state index in [1.807, 2.05) is 19.1 Å². The van der Waals surface area contributed by atoms with E-state index >= 15 is 0 Å². The van der Waals surface area contributed by atoms with Crippen LogP contribution in [0.5, 0.6) is 0 Å². The lowest BCUT2D eigenvalue weighted by molar-refractivity contribution is -0.137. The predicted molar refractivity (Wildman–Crippen MR) is 121 cm³/mol. The fourth-order valence-corrected chi connectivity index (χ4v) is 4.44. The number of imidazole rings is 1. The van der Waals surface area contributed by atoms with Crippen LogP contribution in [-0.4, -0.2) is 13.7 Å². The lowest BCUT2D eigenvalue weighted by Gasteiger charge is -2.15. The van der Waals surface area contributed by atoms with E-state index in [0.29, 0.717) is 29.4 Å².